The normalized spacial score (nSPS) is 12.2. The largest absolute Gasteiger partial charge is 0.488 e. The van der Waals surface area contributed by atoms with Crippen molar-refractivity contribution in [3.63, 3.8) is 0 Å². The Labute approximate surface area is 155 Å². The summed E-state index contributed by atoms with van der Waals surface area (Å²) in [6.07, 6.45) is -8.67. The molecule has 3 aromatic rings. The number of nitrogens with one attached hydrogen (secondary N) is 1. The van der Waals surface area contributed by atoms with Gasteiger partial charge >= 0.3 is 12.4 Å². The van der Waals surface area contributed by atoms with E-state index in [0.717, 1.165) is 6.21 Å². The van der Waals surface area contributed by atoms with Crippen LogP contribution in [0.3, 0.4) is 0 Å². The van der Waals surface area contributed by atoms with Crippen molar-refractivity contribution >= 4 is 17.0 Å². The maximum Gasteiger partial charge on any atom is 0.416 e. The summed E-state index contributed by atoms with van der Waals surface area (Å²) >= 11 is 0. The second-order valence-electron chi connectivity index (χ2n) is 6.05. The molecule has 0 fully saturated rings. The van der Waals surface area contributed by atoms with Crippen molar-refractivity contribution in [1.82, 2.24) is 0 Å². The molecule has 0 aliphatic heterocycles. The number of benzene rings is 3. The molecule has 28 heavy (non-hydrogen) atoms. The molecule has 0 saturated carbocycles. The van der Waals surface area contributed by atoms with Crippen molar-refractivity contribution in [3.05, 3.63) is 76.9 Å². The first-order chi connectivity index (χ1) is 13.1. The molecule has 0 aliphatic carbocycles. The minimum Gasteiger partial charge on any atom is -0.488 e. The number of hydrogen-bond donors (Lipinski definition) is 1. The van der Waals surface area contributed by atoms with E-state index in [2.05, 4.69) is 0 Å². The molecule has 0 radical (unpaired) electrons. The van der Waals surface area contributed by atoms with Gasteiger partial charge in [0.2, 0.25) is 0 Å². The molecule has 0 aliphatic rings. The predicted octanol–water partition coefficient (Wildman–Crippen LogP) is 6.45. The zero-order chi connectivity index (χ0) is 20.5. The fraction of sp³-hybridized carbons (Fsp3) is 0.150. The van der Waals surface area contributed by atoms with Crippen LogP contribution >= 0.6 is 0 Å². The Morgan fingerprint density at radius 1 is 0.786 bits per heavy atom. The average Bonchev–Trinajstić information content (AvgIpc) is 2.64. The molecule has 0 aromatic heterocycles. The summed E-state index contributed by atoms with van der Waals surface area (Å²) in [6, 6.07) is 11.4. The number of rotatable bonds is 4. The van der Waals surface area contributed by atoms with Crippen molar-refractivity contribution in [2.45, 2.75) is 19.0 Å². The van der Waals surface area contributed by atoms with E-state index in [1.54, 1.807) is 30.3 Å². The molecule has 2 nitrogen and oxygen atoms in total. The minimum absolute atomic E-state index is 0.0811. The molecule has 0 saturated heterocycles. The highest BCUT2D eigenvalue weighted by atomic mass is 19.4. The van der Waals surface area contributed by atoms with Gasteiger partial charge in [0, 0.05) is 17.2 Å². The lowest BCUT2D eigenvalue weighted by Gasteiger charge is -2.15. The lowest BCUT2D eigenvalue weighted by molar-refractivity contribution is -0.143. The quantitative estimate of drug-likeness (QED) is 0.398. The third-order valence-electron chi connectivity index (χ3n) is 4.12. The van der Waals surface area contributed by atoms with Crippen LogP contribution in [-0.2, 0) is 19.0 Å². The summed E-state index contributed by atoms with van der Waals surface area (Å²) in [5, 5.41) is 8.71. The maximum absolute atomic E-state index is 13.0. The van der Waals surface area contributed by atoms with E-state index in [4.69, 9.17) is 10.1 Å². The zero-order valence-electron chi connectivity index (χ0n) is 14.2. The Bertz CT molecular complexity index is 991. The van der Waals surface area contributed by atoms with E-state index in [9.17, 15) is 26.3 Å². The van der Waals surface area contributed by atoms with Crippen molar-refractivity contribution in [3.8, 4) is 5.75 Å². The van der Waals surface area contributed by atoms with Crippen molar-refractivity contribution < 1.29 is 31.1 Å². The highest BCUT2D eigenvalue weighted by Gasteiger charge is 2.36. The fourth-order valence-corrected chi connectivity index (χ4v) is 2.81. The van der Waals surface area contributed by atoms with Gasteiger partial charge in [-0.15, -0.1) is 0 Å². The Morgan fingerprint density at radius 3 is 1.89 bits per heavy atom. The first kappa shape index (κ1) is 19.7. The Morgan fingerprint density at radius 2 is 1.36 bits per heavy atom. The van der Waals surface area contributed by atoms with Crippen molar-refractivity contribution in [2.24, 2.45) is 0 Å². The molecule has 0 atom stereocenters. The van der Waals surface area contributed by atoms with E-state index in [0.29, 0.717) is 34.2 Å². The van der Waals surface area contributed by atoms with E-state index < -0.39 is 30.1 Å². The average molecular weight is 397 g/mol. The van der Waals surface area contributed by atoms with Crippen LogP contribution in [0.15, 0.2) is 54.6 Å². The number of halogens is 6. The first-order valence-electron chi connectivity index (χ1n) is 8.03. The van der Waals surface area contributed by atoms with Gasteiger partial charge in [0.25, 0.3) is 0 Å². The van der Waals surface area contributed by atoms with Gasteiger partial charge in [0.15, 0.2) is 0 Å². The van der Waals surface area contributed by atoms with Gasteiger partial charge in [-0.05, 0) is 41.3 Å². The van der Waals surface area contributed by atoms with E-state index in [-0.39, 0.29) is 11.6 Å². The third-order valence-corrected chi connectivity index (χ3v) is 4.12. The highest BCUT2D eigenvalue weighted by molar-refractivity contribution is 6.01. The smallest absolute Gasteiger partial charge is 0.416 e. The summed E-state index contributed by atoms with van der Waals surface area (Å²) < 4.78 is 83.3. The van der Waals surface area contributed by atoms with Crippen molar-refractivity contribution in [2.75, 3.05) is 0 Å². The Balaban J connectivity index is 1.97. The fourth-order valence-electron chi connectivity index (χ4n) is 2.81. The van der Waals surface area contributed by atoms with Gasteiger partial charge in [-0.1, -0.05) is 24.3 Å². The molecule has 8 heteroatoms. The standard InChI is InChI=1S/C20H13F6NO/c21-19(22,23)14-7-12(8-15(9-14)20(24,25)26)11-28-18-6-5-13(10-27)16-3-1-2-4-17(16)18/h1-10,27H,11H2. The highest BCUT2D eigenvalue weighted by Crippen LogP contribution is 2.37. The lowest BCUT2D eigenvalue weighted by Crippen LogP contribution is -2.12. The van der Waals surface area contributed by atoms with Crippen LogP contribution in [0.4, 0.5) is 26.3 Å². The number of hydrogen-bond acceptors (Lipinski definition) is 2. The summed E-state index contributed by atoms with van der Waals surface area (Å²) in [5.74, 6) is 0.298. The van der Waals surface area contributed by atoms with Crippen LogP contribution in [0.1, 0.15) is 22.3 Å². The maximum atomic E-state index is 13.0. The molecule has 0 heterocycles. The Hall–Kier alpha value is -3.03. The summed E-state index contributed by atoms with van der Waals surface area (Å²) in [4.78, 5) is 0. The SMILES string of the molecule is N=Cc1ccc(OCc2cc(C(F)(F)F)cc(C(F)(F)F)c2)c2ccccc12. The van der Waals surface area contributed by atoms with Gasteiger partial charge in [0.1, 0.15) is 12.4 Å². The molecule has 0 amide bonds. The van der Waals surface area contributed by atoms with Crippen LogP contribution in [0.2, 0.25) is 0 Å². The van der Waals surface area contributed by atoms with E-state index in [1.165, 1.54) is 6.07 Å². The summed E-state index contributed by atoms with van der Waals surface area (Å²) in [5.41, 5.74) is -2.40. The summed E-state index contributed by atoms with van der Waals surface area (Å²) in [7, 11) is 0. The molecule has 0 bridgehead atoms. The molecule has 3 aromatic carbocycles. The molecule has 146 valence electrons. The lowest BCUT2D eigenvalue weighted by atomic mass is 10.0. The second kappa shape index (κ2) is 7.18. The van der Waals surface area contributed by atoms with Crippen LogP contribution in [0, 0.1) is 5.41 Å². The van der Waals surface area contributed by atoms with Gasteiger partial charge in [-0.3, -0.25) is 0 Å². The summed E-state index contributed by atoms with van der Waals surface area (Å²) in [6.45, 7) is -0.471. The molecule has 0 spiro atoms. The number of ether oxygens (including phenoxy) is 1. The van der Waals surface area contributed by atoms with Gasteiger partial charge in [-0.2, -0.15) is 26.3 Å². The van der Waals surface area contributed by atoms with Crippen LogP contribution in [-0.4, -0.2) is 6.21 Å². The van der Waals surface area contributed by atoms with Crippen LogP contribution < -0.4 is 4.74 Å². The molecular weight excluding hydrogens is 384 g/mol. The van der Waals surface area contributed by atoms with Gasteiger partial charge < -0.3 is 10.1 Å². The van der Waals surface area contributed by atoms with Crippen molar-refractivity contribution in [1.29, 1.82) is 5.41 Å². The van der Waals surface area contributed by atoms with Gasteiger partial charge in [0.05, 0.1) is 11.1 Å². The molecule has 3 rings (SSSR count). The zero-order valence-corrected chi connectivity index (χ0v) is 14.2. The van der Waals surface area contributed by atoms with Gasteiger partial charge in [-0.25, -0.2) is 0 Å². The Kier molecular flexibility index (Phi) is 5.06. The third kappa shape index (κ3) is 4.11. The van der Waals surface area contributed by atoms with Crippen LogP contribution in [0.25, 0.3) is 10.8 Å². The monoisotopic (exact) mass is 397 g/mol. The predicted molar refractivity (Wildman–Crippen MR) is 92.6 cm³/mol. The molecule has 0 unspecified atom stereocenters. The second-order valence-corrected chi connectivity index (χ2v) is 6.05. The molecular formula is C20H13F6NO. The number of alkyl halides is 6. The topological polar surface area (TPSA) is 33.1 Å². The first-order valence-corrected chi connectivity index (χ1v) is 8.03. The minimum atomic E-state index is -4.91. The van der Waals surface area contributed by atoms with E-state index in [1.807, 2.05) is 0 Å². The molecule has 1 N–H and O–H groups in total. The number of fused-ring (bicyclic) bond motifs is 1. The van der Waals surface area contributed by atoms with Crippen LogP contribution in [0.5, 0.6) is 5.75 Å². The van der Waals surface area contributed by atoms with E-state index >= 15 is 0 Å².